The highest BCUT2D eigenvalue weighted by Crippen LogP contribution is 2.12. The fourth-order valence-corrected chi connectivity index (χ4v) is 2.16. The van der Waals surface area contributed by atoms with Gasteiger partial charge in [0.2, 0.25) is 5.13 Å². The molecule has 0 aromatic carbocycles. The second kappa shape index (κ2) is 4.54. The molecule has 0 aliphatic rings. The number of rotatable bonds is 4. The van der Waals surface area contributed by atoms with Crippen LogP contribution in [0.5, 0.6) is 0 Å². The number of aromatic nitrogens is 4. The number of imidazole rings is 1. The SMILES string of the molecule is CC(Cn1ccnc1)Nc1n[nH]c(=S)s1. The molecule has 80 valence electrons. The molecular formula is C8H11N5S2. The minimum atomic E-state index is 0.285. The molecule has 2 aromatic heterocycles. The van der Waals surface area contributed by atoms with Crippen molar-refractivity contribution in [2.75, 3.05) is 5.32 Å². The zero-order chi connectivity index (χ0) is 10.7. The number of nitrogens with zero attached hydrogens (tertiary/aromatic N) is 3. The van der Waals surface area contributed by atoms with Crippen LogP contribution in [0, 0.1) is 3.95 Å². The highest BCUT2D eigenvalue weighted by molar-refractivity contribution is 7.73. The second-order valence-corrected chi connectivity index (χ2v) is 4.89. The van der Waals surface area contributed by atoms with Crippen LogP contribution in [0.3, 0.4) is 0 Å². The van der Waals surface area contributed by atoms with Gasteiger partial charge in [-0.05, 0) is 19.1 Å². The predicted molar refractivity (Wildman–Crippen MR) is 62.6 cm³/mol. The summed E-state index contributed by atoms with van der Waals surface area (Å²) in [5.41, 5.74) is 0. The quantitative estimate of drug-likeness (QED) is 0.803. The van der Waals surface area contributed by atoms with Crippen LogP contribution in [0.2, 0.25) is 0 Å². The Hall–Kier alpha value is -1.21. The lowest BCUT2D eigenvalue weighted by Gasteiger charge is -2.12. The minimum Gasteiger partial charge on any atom is -0.356 e. The molecular weight excluding hydrogens is 230 g/mol. The van der Waals surface area contributed by atoms with Crippen molar-refractivity contribution in [1.82, 2.24) is 19.7 Å². The Bertz CT molecular complexity index is 457. The average Bonchev–Trinajstić information content (AvgIpc) is 2.77. The van der Waals surface area contributed by atoms with Crippen molar-refractivity contribution in [2.45, 2.75) is 19.5 Å². The van der Waals surface area contributed by atoms with Gasteiger partial charge < -0.3 is 9.88 Å². The molecule has 2 N–H and O–H groups in total. The summed E-state index contributed by atoms with van der Waals surface area (Å²) in [7, 11) is 0. The highest BCUT2D eigenvalue weighted by atomic mass is 32.1. The first-order valence-corrected chi connectivity index (χ1v) is 5.74. The smallest absolute Gasteiger partial charge is 0.204 e. The van der Waals surface area contributed by atoms with E-state index in [-0.39, 0.29) is 6.04 Å². The molecule has 2 rings (SSSR count). The van der Waals surface area contributed by atoms with Gasteiger partial charge in [-0.25, -0.2) is 4.98 Å². The summed E-state index contributed by atoms with van der Waals surface area (Å²) in [5, 5.41) is 10.9. The molecule has 0 amide bonds. The Kier molecular flexibility index (Phi) is 3.12. The first-order valence-electron chi connectivity index (χ1n) is 4.52. The van der Waals surface area contributed by atoms with Crippen LogP contribution in [0.15, 0.2) is 18.7 Å². The zero-order valence-corrected chi connectivity index (χ0v) is 9.81. The summed E-state index contributed by atoms with van der Waals surface area (Å²) < 4.78 is 2.70. The topological polar surface area (TPSA) is 58.5 Å². The molecule has 0 aliphatic heterocycles. The van der Waals surface area contributed by atoms with Crippen molar-refractivity contribution < 1.29 is 0 Å². The summed E-state index contributed by atoms with van der Waals surface area (Å²) in [6.45, 7) is 2.94. The molecule has 0 radical (unpaired) electrons. The molecule has 0 saturated carbocycles. The van der Waals surface area contributed by atoms with Crippen LogP contribution in [0.25, 0.3) is 0 Å². The van der Waals surface area contributed by atoms with Gasteiger partial charge in [0.1, 0.15) is 0 Å². The van der Waals surface area contributed by atoms with Crippen molar-refractivity contribution in [3.63, 3.8) is 0 Å². The maximum atomic E-state index is 4.95. The third kappa shape index (κ3) is 2.87. The van der Waals surface area contributed by atoms with Crippen LogP contribution >= 0.6 is 23.6 Å². The largest absolute Gasteiger partial charge is 0.356 e. The number of nitrogens with one attached hydrogen (secondary N) is 2. The Labute approximate surface area is 96.2 Å². The lowest BCUT2D eigenvalue weighted by Crippen LogP contribution is -2.21. The summed E-state index contributed by atoms with van der Waals surface area (Å²) >= 11 is 6.39. The van der Waals surface area contributed by atoms with E-state index in [2.05, 4.69) is 27.4 Å². The molecule has 5 nitrogen and oxygen atoms in total. The molecule has 0 bridgehead atoms. The summed E-state index contributed by atoms with van der Waals surface area (Å²) in [5.74, 6) is 0. The van der Waals surface area contributed by atoms with Gasteiger partial charge in [0.15, 0.2) is 3.95 Å². The van der Waals surface area contributed by atoms with Crippen LogP contribution in [0.4, 0.5) is 5.13 Å². The Morgan fingerprint density at radius 1 is 1.73 bits per heavy atom. The second-order valence-electron chi connectivity index (χ2n) is 3.22. The third-order valence-electron chi connectivity index (χ3n) is 1.85. The molecule has 0 spiro atoms. The number of H-pyrrole nitrogens is 1. The monoisotopic (exact) mass is 241 g/mol. The van der Waals surface area contributed by atoms with E-state index in [0.717, 1.165) is 11.7 Å². The van der Waals surface area contributed by atoms with E-state index >= 15 is 0 Å². The lowest BCUT2D eigenvalue weighted by molar-refractivity contribution is 0.618. The van der Waals surface area contributed by atoms with Crippen molar-refractivity contribution in [1.29, 1.82) is 0 Å². The van der Waals surface area contributed by atoms with E-state index < -0.39 is 0 Å². The average molecular weight is 241 g/mol. The van der Waals surface area contributed by atoms with Crippen LogP contribution < -0.4 is 5.32 Å². The Morgan fingerprint density at radius 3 is 3.20 bits per heavy atom. The number of hydrogen-bond acceptors (Lipinski definition) is 5. The van der Waals surface area contributed by atoms with Gasteiger partial charge in [0.25, 0.3) is 0 Å². The molecule has 0 aliphatic carbocycles. The molecule has 1 atom stereocenters. The third-order valence-corrected chi connectivity index (χ3v) is 2.87. The predicted octanol–water partition coefficient (Wildman–Crippen LogP) is 1.90. The van der Waals surface area contributed by atoms with Crippen molar-refractivity contribution in [2.24, 2.45) is 0 Å². The molecule has 15 heavy (non-hydrogen) atoms. The van der Waals surface area contributed by atoms with E-state index in [9.17, 15) is 0 Å². The number of hydrogen-bond donors (Lipinski definition) is 2. The van der Waals surface area contributed by atoms with Crippen LogP contribution in [-0.4, -0.2) is 25.8 Å². The van der Waals surface area contributed by atoms with Gasteiger partial charge >= 0.3 is 0 Å². The Balaban J connectivity index is 1.92. The van der Waals surface area contributed by atoms with Gasteiger partial charge in [-0.15, -0.1) is 5.10 Å². The molecule has 0 fully saturated rings. The Morgan fingerprint density at radius 2 is 2.60 bits per heavy atom. The summed E-state index contributed by atoms with van der Waals surface area (Å²) in [6.07, 6.45) is 5.50. The van der Waals surface area contributed by atoms with Crippen LogP contribution in [-0.2, 0) is 6.54 Å². The standard InChI is InChI=1S/C8H11N5S2/c1-6(4-13-3-2-9-5-13)10-7-11-12-8(14)15-7/h2-3,5-6H,4H2,1H3,(H,10,11)(H,12,14). The molecule has 0 saturated heterocycles. The summed E-state index contributed by atoms with van der Waals surface area (Å²) in [6, 6.07) is 0.285. The van der Waals surface area contributed by atoms with E-state index in [0.29, 0.717) is 3.95 Å². The first kappa shape index (κ1) is 10.3. The number of anilines is 1. The maximum absolute atomic E-state index is 4.95. The van der Waals surface area contributed by atoms with E-state index in [1.54, 1.807) is 12.5 Å². The van der Waals surface area contributed by atoms with Crippen molar-refractivity contribution in [3.8, 4) is 0 Å². The fraction of sp³-hybridized carbons (Fsp3) is 0.375. The van der Waals surface area contributed by atoms with Gasteiger partial charge in [-0.2, -0.15) is 0 Å². The molecule has 2 aromatic rings. The van der Waals surface area contributed by atoms with Crippen LogP contribution in [0.1, 0.15) is 6.92 Å². The lowest BCUT2D eigenvalue weighted by atomic mass is 10.3. The van der Waals surface area contributed by atoms with E-state index in [4.69, 9.17) is 12.2 Å². The molecule has 1 unspecified atom stereocenters. The highest BCUT2D eigenvalue weighted by Gasteiger charge is 2.04. The minimum absolute atomic E-state index is 0.285. The van der Waals surface area contributed by atoms with Gasteiger partial charge in [0.05, 0.1) is 6.33 Å². The van der Waals surface area contributed by atoms with Crippen molar-refractivity contribution >= 4 is 28.7 Å². The van der Waals surface area contributed by atoms with Gasteiger partial charge in [-0.3, -0.25) is 5.10 Å². The normalized spacial score (nSPS) is 12.6. The van der Waals surface area contributed by atoms with Crippen molar-refractivity contribution in [3.05, 3.63) is 22.7 Å². The zero-order valence-electron chi connectivity index (χ0n) is 8.17. The fourth-order valence-electron chi connectivity index (χ4n) is 1.26. The summed E-state index contributed by atoms with van der Waals surface area (Å²) in [4.78, 5) is 3.99. The number of aromatic amines is 1. The van der Waals surface area contributed by atoms with Gasteiger partial charge in [-0.1, -0.05) is 11.3 Å². The molecule has 7 heteroatoms. The van der Waals surface area contributed by atoms with Gasteiger partial charge in [0, 0.05) is 25.0 Å². The first-order chi connectivity index (χ1) is 7.24. The van der Waals surface area contributed by atoms with E-state index in [1.165, 1.54) is 11.3 Å². The maximum Gasteiger partial charge on any atom is 0.204 e. The van der Waals surface area contributed by atoms with E-state index in [1.807, 2.05) is 10.8 Å². The molecule has 2 heterocycles.